The highest BCUT2D eigenvalue weighted by Crippen LogP contribution is 2.18. The second kappa shape index (κ2) is 8.01. The van der Waals surface area contributed by atoms with Gasteiger partial charge in [0.1, 0.15) is 17.7 Å². The zero-order valence-corrected chi connectivity index (χ0v) is 13.4. The fourth-order valence-electron chi connectivity index (χ4n) is 2.68. The Labute approximate surface area is 139 Å². The first kappa shape index (κ1) is 18.1. The molecule has 1 aromatic carbocycles. The van der Waals surface area contributed by atoms with Crippen molar-refractivity contribution >= 4 is 11.9 Å². The summed E-state index contributed by atoms with van der Waals surface area (Å²) >= 11 is 0. The molecule has 2 rings (SSSR count). The molecule has 1 aliphatic rings. The number of likely N-dealkylation sites (tertiary alicyclic amines) is 1. The molecule has 2 atom stereocenters. The molecule has 0 aromatic heterocycles. The SMILES string of the molecule is C=C[C@@H](N[C@H]1CCCN(Cc2ccc(F)cc2F)C1=O)C(=O)OC. The molecule has 130 valence electrons. The fourth-order valence-corrected chi connectivity index (χ4v) is 2.68. The number of hydrogen-bond donors (Lipinski definition) is 1. The Hall–Kier alpha value is -2.28. The predicted molar refractivity (Wildman–Crippen MR) is 83.9 cm³/mol. The summed E-state index contributed by atoms with van der Waals surface area (Å²) in [5.41, 5.74) is 0.249. The van der Waals surface area contributed by atoms with Gasteiger partial charge in [0.2, 0.25) is 5.91 Å². The molecule has 0 unspecified atom stereocenters. The number of halogens is 2. The number of hydrogen-bond acceptors (Lipinski definition) is 4. The van der Waals surface area contributed by atoms with Crippen LogP contribution >= 0.6 is 0 Å². The molecule has 5 nitrogen and oxygen atoms in total. The van der Waals surface area contributed by atoms with Crippen LogP contribution in [0, 0.1) is 11.6 Å². The van der Waals surface area contributed by atoms with Gasteiger partial charge < -0.3 is 9.64 Å². The van der Waals surface area contributed by atoms with E-state index in [1.54, 1.807) is 0 Å². The first-order chi connectivity index (χ1) is 11.5. The Morgan fingerprint density at radius 1 is 1.54 bits per heavy atom. The van der Waals surface area contributed by atoms with Crippen molar-refractivity contribution in [3.8, 4) is 0 Å². The number of carbonyl (C=O) groups excluding carboxylic acids is 2. The van der Waals surface area contributed by atoms with Gasteiger partial charge in [0.25, 0.3) is 0 Å². The van der Waals surface area contributed by atoms with Crippen molar-refractivity contribution < 1.29 is 23.1 Å². The lowest BCUT2D eigenvalue weighted by molar-refractivity contribution is -0.143. The van der Waals surface area contributed by atoms with E-state index in [2.05, 4.69) is 16.6 Å². The van der Waals surface area contributed by atoms with Crippen LogP contribution in [-0.4, -0.2) is 42.5 Å². The van der Waals surface area contributed by atoms with E-state index in [4.69, 9.17) is 0 Å². The summed E-state index contributed by atoms with van der Waals surface area (Å²) in [7, 11) is 1.26. The van der Waals surface area contributed by atoms with E-state index in [0.29, 0.717) is 19.4 Å². The number of nitrogens with zero attached hydrogens (tertiary/aromatic N) is 1. The lowest BCUT2D eigenvalue weighted by atomic mass is 10.0. The summed E-state index contributed by atoms with van der Waals surface area (Å²) in [5, 5.41) is 2.91. The summed E-state index contributed by atoms with van der Waals surface area (Å²) in [6.45, 7) is 4.09. The van der Waals surface area contributed by atoms with Gasteiger partial charge in [-0.25, -0.2) is 8.78 Å². The molecule has 0 saturated carbocycles. The van der Waals surface area contributed by atoms with Crippen LogP contribution in [0.2, 0.25) is 0 Å². The molecule has 0 radical (unpaired) electrons. The third-order valence-electron chi connectivity index (χ3n) is 3.98. The Bertz CT molecular complexity index is 636. The number of esters is 1. The minimum atomic E-state index is -0.786. The van der Waals surface area contributed by atoms with Gasteiger partial charge in [0, 0.05) is 24.7 Å². The number of benzene rings is 1. The van der Waals surface area contributed by atoms with E-state index in [1.807, 2.05) is 0 Å². The molecule has 24 heavy (non-hydrogen) atoms. The summed E-state index contributed by atoms with van der Waals surface area (Å²) in [6.07, 6.45) is 2.64. The van der Waals surface area contributed by atoms with E-state index >= 15 is 0 Å². The van der Waals surface area contributed by atoms with Crippen LogP contribution in [-0.2, 0) is 20.9 Å². The molecule has 1 fully saturated rings. The monoisotopic (exact) mass is 338 g/mol. The van der Waals surface area contributed by atoms with E-state index < -0.39 is 29.7 Å². The first-order valence-corrected chi connectivity index (χ1v) is 7.65. The standard InChI is InChI=1S/C17H20F2N2O3/c1-3-14(17(23)24-2)20-15-5-4-8-21(16(15)22)10-11-6-7-12(18)9-13(11)19/h3,6-7,9,14-15,20H,1,4-5,8,10H2,2H3/t14-,15+/m1/s1. The highest BCUT2D eigenvalue weighted by atomic mass is 19.1. The van der Waals surface area contributed by atoms with Crippen molar-refractivity contribution in [2.24, 2.45) is 0 Å². The van der Waals surface area contributed by atoms with Crippen molar-refractivity contribution in [2.45, 2.75) is 31.5 Å². The zero-order valence-electron chi connectivity index (χ0n) is 13.4. The summed E-state index contributed by atoms with van der Waals surface area (Å²) in [4.78, 5) is 25.7. The molecule has 1 heterocycles. The smallest absolute Gasteiger partial charge is 0.326 e. The molecule has 1 amide bonds. The number of methoxy groups -OCH3 is 1. The Morgan fingerprint density at radius 3 is 2.92 bits per heavy atom. The molecular weight excluding hydrogens is 318 g/mol. The largest absolute Gasteiger partial charge is 0.468 e. The maximum absolute atomic E-state index is 13.8. The van der Waals surface area contributed by atoms with Gasteiger partial charge in [-0.1, -0.05) is 12.1 Å². The third kappa shape index (κ3) is 4.17. The number of nitrogens with one attached hydrogen (secondary N) is 1. The predicted octanol–water partition coefficient (Wildman–Crippen LogP) is 1.77. The molecule has 7 heteroatoms. The normalized spacial score (nSPS) is 19.0. The molecule has 0 bridgehead atoms. The average molecular weight is 338 g/mol. The molecule has 1 N–H and O–H groups in total. The Balaban J connectivity index is 2.06. The summed E-state index contributed by atoms with van der Waals surface area (Å²) < 4.78 is 31.4. The van der Waals surface area contributed by atoms with Crippen molar-refractivity contribution in [1.82, 2.24) is 10.2 Å². The molecule has 1 aromatic rings. The second-order valence-electron chi connectivity index (χ2n) is 5.59. The number of piperidine rings is 1. The van der Waals surface area contributed by atoms with Gasteiger partial charge in [-0.05, 0) is 18.9 Å². The van der Waals surface area contributed by atoms with E-state index in [0.717, 1.165) is 12.1 Å². The van der Waals surface area contributed by atoms with Crippen molar-refractivity contribution in [3.05, 3.63) is 48.1 Å². The lowest BCUT2D eigenvalue weighted by Gasteiger charge is -2.34. The van der Waals surface area contributed by atoms with Crippen LogP contribution in [0.3, 0.4) is 0 Å². The van der Waals surface area contributed by atoms with Crippen molar-refractivity contribution in [2.75, 3.05) is 13.7 Å². The minimum absolute atomic E-state index is 0.0557. The fraction of sp³-hybridized carbons (Fsp3) is 0.412. The topological polar surface area (TPSA) is 58.6 Å². The number of amides is 1. The number of carbonyl (C=O) groups is 2. The molecule has 1 aliphatic heterocycles. The second-order valence-corrected chi connectivity index (χ2v) is 5.59. The average Bonchev–Trinajstić information content (AvgIpc) is 2.57. The van der Waals surface area contributed by atoms with Gasteiger partial charge in [-0.3, -0.25) is 14.9 Å². The molecule has 0 spiro atoms. The van der Waals surface area contributed by atoms with Crippen molar-refractivity contribution in [1.29, 1.82) is 0 Å². The maximum Gasteiger partial charge on any atom is 0.326 e. The van der Waals surface area contributed by atoms with Crippen molar-refractivity contribution in [3.63, 3.8) is 0 Å². The summed E-state index contributed by atoms with van der Waals surface area (Å²) in [5.74, 6) is -2.11. The van der Waals surface area contributed by atoms with Crippen LogP contribution in [0.5, 0.6) is 0 Å². The molecular formula is C17H20F2N2O3. The van der Waals surface area contributed by atoms with Crippen LogP contribution in [0.25, 0.3) is 0 Å². The van der Waals surface area contributed by atoms with Crippen LogP contribution in [0.4, 0.5) is 8.78 Å². The number of rotatable bonds is 6. The Morgan fingerprint density at radius 2 is 2.29 bits per heavy atom. The molecule has 1 saturated heterocycles. The van der Waals surface area contributed by atoms with Gasteiger partial charge in [0.15, 0.2) is 0 Å². The third-order valence-corrected chi connectivity index (χ3v) is 3.98. The lowest BCUT2D eigenvalue weighted by Crippen LogP contribution is -2.54. The van der Waals surface area contributed by atoms with Gasteiger partial charge in [0.05, 0.1) is 13.2 Å². The highest BCUT2D eigenvalue weighted by Gasteiger charge is 2.32. The highest BCUT2D eigenvalue weighted by molar-refractivity contribution is 5.84. The van der Waals surface area contributed by atoms with Crippen LogP contribution < -0.4 is 5.32 Å². The quantitative estimate of drug-likeness (QED) is 0.634. The van der Waals surface area contributed by atoms with Gasteiger partial charge in [-0.15, -0.1) is 6.58 Å². The van der Waals surface area contributed by atoms with E-state index in [9.17, 15) is 18.4 Å². The van der Waals surface area contributed by atoms with Crippen LogP contribution in [0.1, 0.15) is 18.4 Å². The van der Waals surface area contributed by atoms with Gasteiger partial charge in [-0.2, -0.15) is 0 Å². The molecule has 0 aliphatic carbocycles. The maximum atomic E-state index is 13.8. The Kier molecular flexibility index (Phi) is 6.03. The first-order valence-electron chi connectivity index (χ1n) is 7.65. The number of ether oxygens (including phenoxy) is 1. The van der Waals surface area contributed by atoms with Crippen LogP contribution in [0.15, 0.2) is 30.9 Å². The zero-order chi connectivity index (χ0) is 17.7. The minimum Gasteiger partial charge on any atom is -0.468 e. The van der Waals surface area contributed by atoms with E-state index in [-0.39, 0.29) is 18.0 Å². The van der Waals surface area contributed by atoms with Gasteiger partial charge >= 0.3 is 5.97 Å². The van der Waals surface area contributed by atoms with E-state index in [1.165, 1.54) is 24.2 Å². The summed E-state index contributed by atoms with van der Waals surface area (Å²) in [6, 6.07) is 1.92.